The predicted molar refractivity (Wildman–Crippen MR) is 73.4 cm³/mol. The van der Waals surface area contributed by atoms with E-state index in [0.29, 0.717) is 9.26 Å². The van der Waals surface area contributed by atoms with Crippen LogP contribution in [0.1, 0.15) is 19.3 Å². The van der Waals surface area contributed by atoms with Crippen LogP contribution in [0.3, 0.4) is 0 Å². The SMILES string of the molecule is O=C(Nc1ccc(F)cc1I)C1CCCCN1. The molecule has 3 nitrogen and oxygen atoms in total. The Hall–Kier alpha value is -0.690. The molecule has 17 heavy (non-hydrogen) atoms. The van der Waals surface area contributed by atoms with Gasteiger partial charge in [-0.1, -0.05) is 6.42 Å². The highest BCUT2D eigenvalue weighted by molar-refractivity contribution is 14.1. The Balaban J connectivity index is 2.02. The quantitative estimate of drug-likeness (QED) is 0.807. The van der Waals surface area contributed by atoms with Gasteiger partial charge in [0.05, 0.1) is 11.7 Å². The number of amides is 1. The number of anilines is 1. The molecule has 1 saturated heterocycles. The first-order valence-electron chi connectivity index (χ1n) is 5.66. The molecule has 5 heteroatoms. The van der Waals surface area contributed by atoms with E-state index >= 15 is 0 Å². The second kappa shape index (κ2) is 5.77. The van der Waals surface area contributed by atoms with Crippen LogP contribution in [0.2, 0.25) is 0 Å². The third-order valence-electron chi connectivity index (χ3n) is 2.82. The molecular formula is C12H14FIN2O. The van der Waals surface area contributed by atoms with Gasteiger partial charge in [-0.25, -0.2) is 4.39 Å². The third kappa shape index (κ3) is 3.38. The van der Waals surface area contributed by atoms with E-state index in [1.165, 1.54) is 12.1 Å². The lowest BCUT2D eigenvalue weighted by Gasteiger charge is -2.22. The van der Waals surface area contributed by atoms with Gasteiger partial charge in [0.25, 0.3) is 0 Å². The summed E-state index contributed by atoms with van der Waals surface area (Å²) in [6.45, 7) is 0.887. The van der Waals surface area contributed by atoms with Gasteiger partial charge >= 0.3 is 0 Å². The highest BCUT2D eigenvalue weighted by Gasteiger charge is 2.20. The molecule has 1 amide bonds. The molecule has 2 N–H and O–H groups in total. The van der Waals surface area contributed by atoms with Crippen molar-refractivity contribution in [2.24, 2.45) is 0 Å². The fourth-order valence-electron chi connectivity index (χ4n) is 1.89. The van der Waals surface area contributed by atoms with Crippen molar-refractivity contribution in [1.29, 1.82) is 0 Å². The zero-order valence-corrected chi connectivity index (χ0v) is 11.5. The number of piperidine rings is 1. The number of rotatable bonds is 2. The summed E-state index contributed by atoms with van der Waals surface area (Å²) in [5.74, 6) is -0.322. The number of carbonyl (C=O) groups excluding carboxylic acids is 1. The normalized spacial score (nSPS) is 20.0. The minimum atomic E-state index is -0.289. The van der Waals surface area contributed by atoms with Crippen molar-refractivity contribution in [2.75, 3.05) is 11.9 Å². The van der Waals surface area contributed by atoms with Crippen LogP contribution in [-0.2, 0) is 4.79 Å². The molecule has 2 rings (SSSR count). The number of hydrogen-bond donors (Lipinski definition) is 2. The van der Waals surface area contributed by atoms with Gasteiger partial charge in [0.1, 0.15) is 5.82 Å². The van der Waals surface area contributed by atoms with E-state index in [-0.39, 0.29) is 17.8 Å². The number of halogens is 2. The summed E-state index contributed by atoms with van der Waals surface area (Å²) in [4.78, 5) is 11.9. The highest BCUT2D eigenvalue weighted by atomic mass is 127. The van der Waals surface area contributed by atoms with Gasteiger partial charge in [0.2, 0.25) is 5.91 Å². The van der Waals surface area contributed by atoms with Crippen LogP contribution in [-0.4, -0.2) is 18.5 Å². The number of hydrogen-bond acceptors (Lipinski definition) is 2. The van der Waals surface area contributed by atoms with Crippen molar-refractivity contribution >= 4 is 34.2 Å². The first-order chi connectivity index (χ1) is 8.16. The highest BCUT2D eigenvalue weighted by Crippen LogP contribution is 2.20. The molecule has 1 aromatic rings. The first-order valence-corrected chi connectivity index (χ1v) is 6.74. The van der Waals surface area contributed by atoms with Crippen molar-refractivity contribution in [3.63, 3.8) is 0 Å². The smallest absolute Gasteiger partial charge is 0.241 e. The molecule has 1 aliphatic heterocycles. The Labute approximate surface area is 113 Å². The van der Waals surface area contributed by atoms with Crippen LogP contribution in [0.5, 0.6) is 0 Å². The van der Waals surface area contributed by atoms with Crippen LogP contribution < -0.4 is 10.6 Å². The summed E-state index contributed by atoms with van der Waals surface area (Å²) in [5.41, 5.74) is 0.671. The number of benzene rings is 1. The topological polar surface area (TPSA) is 41.1 Å². The largest absolute Gasteiger partial charge is 0.324 e. The zero-order chi connectivity index (χ0) is 12.3. The fraction of sp³-hybridized carbons (Fsp3) is 0.417. The molecular weight excluding hydrogens is 334 g/mol. The van der Waals surface area contributed by atoms with Gasteiger partial charge in [-0.3, -0.25) is 4.79 Å². The predicted octanol–water partition coefficient (Wildman–Crippen LogP) is 2.51. The lowest BCUT2D eigenvalue weighted by atomic mass is 10.0. The maximum atomic E-state index is 12.9. The third-order valence-corrected chi connectivity index (χ3v) is 3.71. The average Bonchev–Trinajstić information content (AvgIpc) is 2.34. The van der Waals surface area contributed by atoms with Crippen LogP contribution in [0.15, 0.2) is 18.2 Å². The number of nitrogens with one attached hydrogen (secondary N) is 2. The second-order valence-corrected chi connectivity index (χ2v) is 5.28. The van der Waals surface area contributed by atoms with Crippen molar-refractivity contribution in [3.8, 4) is 0 Å². The van der Waals surface area contributed by atoms with Gasteiger partial charge < -0.3 is 10.6 Å². The average molecular weight is 348 g/mol. The van der Waals surface area contributed by atoms with Gasteiger partial charge in [0.15, 0.2) is 0 Å². The Morgan fingerprint density at radius 1 is 1.47 bits per heavy atom. The molecule has 0 spiro atoms. The Morgan fingerprint density at radius 2 is 2.29 bits per heavy atom. The molecule has 0 bridgehead atoms. The van der Waals surface area contributed by atoms with Gasteiger partial charge in [-0.05, 0) is 60.2 Å². The van der Waals surface area contributed by atoms with E-state index in [0.717, 1.165) is 25.8 Å². The van der Waals surface area contributed by atoms with E-state index in [1.54, 1.807) is 6.07 Å². The molecule has 0 aromatic heterocycles. The van der Waals surface area contributed by atoms with E-state index in [1.807, 2.05) is 22.6 Å². The van der Waals surface area contributed by atoms with Crippen molar-refractivity contribution in [2.45, 2.75) is 25.3 Å². The van der Waals surface area contributed by atoms with Crippen LogP contribution >= 0.6 is 22.6 Å². The maximum Gasteiger partial charge on any atom is 0.241 e. The second-order valence-electron chi connectivity index (χ2n) is 4.12. The summed E-state index contributed by atoms with van der Waals surface area (Å²) < 4.78 is 13.6. The lowest BCUT2D eigenvalue weighted by molar-refractivity contribution is -0.118. The van der Waals surface area contributed by atoms with E-state index < -0.39 is 0 Å². The summed E-state index contributed by atoms with van der Waals surface area (Å²) in [5, 5.41) is 6.01. The molecule has 1 aromatic carbocycles. The van der Waals surface area contributed by atoms with Gasteiger partial charge in [-0.2, -0.15) is 0 Å². The summed E-state index contributed by atoms with van der Waals surface area (Å²) in [7, 11) is 0. The molecule has 1 aliphatic rings. The van der Waals surface area contributed by atoms with E-state index in [2.05, 4.69) is 10.6 Å². The lowest BCUT2D eigenvalue weighted by Crippen LogP contribution is -2.43. The van der Waals surface area contributed by atoms with Crippen LogP contribution in [0.4, 0.5) is 10.1 Å². The number of carbonyl (C=O) groups is 1. The molecule has 1 unspecified atom stereocenters. The molecule has 0 saturated carbocycles. The molecule has 92 valence electrons. The molecule has 1 heterocycles. The zero-order valence-electron chi connectivity index (χ0n) is 9.30. The minimum absolute atomic E-state index is 0.0331. The summed E-state index contributed by atoms with van der Waals surface area (Å²) >= 11 is 2.02. The Morgan fingerprint density at radius 3 is 2.94 bits per heavy atom. The minimum Gasteiger partial charge on any atom is -0.324 e. The Kier molecular flexibility index (Phi) is 4.33. The molecule has 1 fully saturated rings. The Bertz CT molecular complexity index is 419. The summed E-state index contributed by atoms with van der Waals surface area (Å²) in [6, 6.07) is 4.23. The monoisotopic (exact) mass is 348 g/mol. The first kappa shape index (κ1) is 12.8. The van der Waals surface area contributed by atoms with Gasteiger partial charge in [-0.15, -0.1) is 0 Å². The van der Waals surface area contributed by atoms with Crippen molar-refractivity contribution in [1.82, 2.24) is 5.32 Å². The van der Waals surface area contributed by atoms with Gasteiger partial charge in [0, 0.05) is 3.57 Å². The molecule has 0 radical (unpaired) electrons. The van der Waals surface area contributed by atoms with E-state index in [4.69, 9.17) is 0 Å². The van der Waals surface area contributed by atoms with Crippen LogP contribution in [0.25, 0.3) is 0 Å². The standard InChI is InChI=1S/C12H14FIN2O/c13-8-4-5-10(9(14)7-8)16-12(17)11-3-1-2-6-15-11/h4-5,7,11,15H,1-3,6H2,(H,16,17). The fourth-order valence-corrected chi connectivity index (χ4v) is 2.50. The van der Waals surface area contributed by atoms with Crippen LogP contribution in [0, 0.1) is 9.39 Å². The van der Waals surface area contributed by atoms with Crippen molar-refractivity contribution in [3.05, 3.63) is 27.6 Å². The molecule has 0 aliphatic carbocycles. The van der Waals surface area contributed by atoms with Crippen molar-refractivity contribution < 1.29 is 9.18 Å². The molecule has 1 atom stereocenters. The maximum absolute atomic E-state index is 12.9. The van der Waals surface area contributed by atoms with E-state index in [9.17, 15) is 9.18 Å². The summed E-state index contributed by atoms with van der Waals surface area (Å²) in [6.07, 6.45) is 3.06.